The lowest BCUT2D eigenvalue weighted by Gasteiger charge is -2.20. The lowest BCUT2D eigenvalue weighted by atomic mass is 10.0. The minimum absolute atomic E-state index is 0.332. The predicted molar refractivity (Wildman–Crippen MR) is 64.7 cm³/mol. The SMILES string of the molecule is CCCNC(CC)c1c(C)ccnc1N. The van der Waals surface area contributed by atoms with E-state index < -0.39 is 0 Å². The third-order valence-corrected chi connectivity index (χ3v) is 2.64. The smallest absolute Gasteiger partial charge is 0.128 e. The molecule has 0 saturated heterocycles. The number of aryl methyl sites for hydroxylation is 1. The fraction of sp³-hybridized carbons (Fsp3) is 0.583. The van der Waals surface area contributed by atoms with Crippen LogP contribution in [0.15, 0.2) is 12.3 Å². The van der Waals surface area contributed by atoms with Gasteiger partial charge in [0.15, 0.2) is 0 Å². The molecule has 0 saturated carbocycles. The Morgan fingerprint density at radius 3 is 2.73 bits per heavy atom. The van der Waals surface area contributed by atoms with Crippen molar-refractivity contribution in [1.29, 1.82) is 0 Å². The van der Waals surface area contributed by atoms with Crippen molar-refractivity contribution in [3.8, 4) is 0 Å². The molecular weight excluding hydrogens is 186 g/mol. The van der Waals surface area contributed by atoms with Gasteiger partial charge in [0.2, 0.25) is 0 Å². The van der Waals surface area contributed by atoms with Crippen molar-refractivity contribution in [2.75, 3.05) is 12.3 Å². The molecule has 3 N–H and O–H groups in total. The molecule has 1 atom stereocenters. The summed E-state index contributed by atoms with van der Waals surface area (Å²) in [7, 11) is 0. The maximum Gasteiger partial charge on any atom is 0.128 e. The maximum absolute atomic E-state index is 5.92. The van der Waals surface area contributed by atoms with Gasteiger partial charge >= 0.3 is 0 Å². The summed E-state index contributed by atoms with van der Waals surface area (Å²) in [6.45, 7) is 7.44. The Morgan fingerprint density at radius 2 is 2.20 bits per heavy atom. The lowest BCUT2D eigenvalue weighted by molar-refractivity contribution is 0.516. The highest BCUT2D eigenvalue weighted by atomic mass is 14.9. The number of nitrogen functional groups attached to an aromatic ring is 1. The molecule has 1 heterocycles. The Balaban J connectivity index is 2.90. The first-order valence-corrected chi connectivity index (χ1v) is 5.65. The maximum atomic E-state index is 5.92. The second kappa shape index (κ2) is 5.71. The van der Waals surface area contributed by atoms with Crippen molar-refractivity contribution in [3.05, 3.63) is 23.4 Å². The number of hydrogen-bond donors (Lipinski definition) is 2. The van der Waals surface area contributed by atoms with E-state index in [1.807, 2.05) is 6.07 Å². The summed E-state index contributed by atoms with van der Waals surface area (Å²) < 4.78 is 0. The van der Waals surface area contributed by atoms with E-state index in [4.69, 9.17) is 5.73 Å². The van der Waals surface area contributed by atoms with Crippen molar-refractivity contribution in [3.63, 3.8) is 0 Å². The zero-order valence-corrected chi connectivity index (χ0v) is 9.88. The lowest BCUT2D eigenvalue weighted by Crippen LogP contribution is -2.23. The van der Waals surface area contributed by atoms with E-state index >= 15 is 0 Å². The van der Waals surface area contributed by atoms with Gasteiger partial charge in [-0.25, -0.2) is 4.98 Å². The first-order valence-electron chi connectivity index (χ1n) is 5.65. The van der Waals surface area contributed by atoms with Crippen LogP contribution >= 0.6 is 0 Å². The Labute approximate surface area is 92.1 Å². The van der Waals surface area contributed by atoms with Gasteiger partial charge in [0.05, 0.1) is 0 Å². The van der Waals surface area contributed by atoms with Gasteiger partial charge in [-0.3, -0.25) is 0 Å². The second-order valence-electron chi connectivity index (χ2n) is 3.84. The minimum atomic E-state index is 0.332. The molecule has 0 fully saturated rings. The molecule has 3 heteroatoms. The summed E-state index contributed by atoms with van der Waals surface area (Å²) in [5.74, 6) is 0.658. The number of nitrogens with two attached hydrogens (primary N) is 1. The highest BCUT2D eigenvalue weighted by Crippen LogP contribution is 2.24. The van der Waals surface area contributed by atoms with Gasteiger partial charge in [-0.2, -0.15) is 0 Å². The molecular formula is C12H21N3. The van der Waals surface area contributed by atoms with Crippen LogP contribution in [0.4, 0.5) is 5.82 Å². The first-order chi connectivity index (χ1) is 7.20. The molecule has 0 radical (unpaired) electrons. The van der Waals surface area contributed by atoms with E-state index in [1.165, 1.54) is 5.56 Å². The average Bonchev–Trinajstić information content (AvgIpc) is 2.22. The summed E-state index contributed by atoms with van der Waals surface area (Å²) in [5.41, 5.74) is 8.30. The van der Waals surface area contributed by atoms with E-state index in [-0.39, 0.29) is 0 Å². The van der Waals surface area contributed by atoms with Crippen LogP contribution < -0.4 is 11.1 Å². The van der Waals surface area contributed by atoms with Crippen molar-refractivity contribution >= 4 is 5.82 Å². The van der Waals surface area contributed by atoms with Gasteiger partial charge in [-0.05, 0) is 37.9 Å². The number of pyridine rings is 1. The van der Waals surface area contributed by atoms with Gasteiger partial charge in [0.1, 0.15) is 5.82 Å². The molecule has 0 aliphatic carbocycles. The molecule has 15 heavy (non-hydrogen) atoms. The number of rotatable bonds is 5. The Morgan fingerprint density at radius 1 is 1.47 bits per heavy atom. The van der Waals surface area contributed by atoms with Crippen LogP contribution in [-0.2, 0) is 0 Å². The van der Waals surface area contributed by atoms with E-state index in [9.17, 15) is 0 Å². The monoisotopic (exact) mass is 207 g/mol. The predicted octanol–water partition coefficient (Wildman–Crippen LogP) is 2.42. The molecule has 0 aliphatic heterocycles. The van der Waals surface area contributed by atoms with Crippen LogP contribution in [0.3, 0.4) is 0 Å². The first kappa shape index (κ1) is 12.0. The second-order valence-corrected chi connectivity index (χ2v) is 3.84. The molecule has 1 aromatic rings. The van der Waals surface area contributed by atoms with Gasteiger partial charge in [-0.1, -0.05) is 13.8 Å². The van der Waals surface area contributed by atoms with Gasteiger partial charge in [0.25, 0.3) is 0 Å². The van der Waals surface area contributed by atoms with Crippen LogP contribution in [-0.4, -0.2) is 11.5 Å². The van der Waals surface area contributed by atoms with E-state index in [0.29, 0.717) is 11.9 Å². The summed E-state index contributed by atoms with van der Waals surface area (Å²) >= 11 is 0. The molecule has 0 bridgehead atoms. The zero-order chi connectivity index (χ0) is 11.3. The van der Waals surface area contributed by atoms with Crippen molar-refractivity contribution in [1.82, 2.24) is 10.3 Å². The van der Waals surface area contributed by atoms with Crippen LogP contribution in [0.1, 0.15) is 43.9 Å². The highest BCUT2D eigenvalue weighted by molar-refractivity contribution is 5.45. The number of aromatic nitrogens is 1. The van der Waals surface area contributed by atoms with Crippen molar-refractivity contribution in [2.45, 2.75) is 39.7 Å². The molecule has 1 unspecified atom stereocenters. The summed E-state index contributed by atoms with van der Waals surface area (Å²) in [6, 6.07) is 2.35. The zero-order valence-electron chi connectivity index (χ0n) is 9.88. The summed E-state index contributed by atoms with van der Waals surface area (Å²) in [6.07, 6.45) is 3.94. The third kappa shape index (κ3) is 2.93. The van der Waals surface area contributed by atoms with Gasteiger partial charge in [0, 0.05) is 17.8 Å². The number of hydrogen-bond acceptors (Lipinski definition) is 3. The van der Waals surface area contributed by atoms with E-state index in [0.717, 1.165) is 24.9 Å². The molecule has 3 nitrogen and oxygen atoms in total. The van der Waals surface area contributed by atoms with Gasteiger partial charge in [-0.15, -0.1) is 0 Å². The molecule has 84 valence electrons. The minimum Gasteiger partial charge on any atom is -0.383 e. The summed E-state index contributed by atoms with van der Waals surface area (Å²) in [5, 5.41) is 3.50. The quantitative estimate of drug-likeness (QED) is 0.779. The molecule has 0 aliphatic rings. The fourth-order valence-electron chi connectivity index (χ4n) is 1.81. The van der Waals surface area contributed by atoms with Crippen LogP contribution in [0.2, 0.25) is 0 Å². The highest BCUT2D eigenvalue weighted by Gasteiger charge is 2.14. The number of nitrogens with zero attached hydrogens (tertiary/aromatic N) is 1. The van der Waals surface area contributed by atoms with Gasteiger partial charge < -0.3 is 11.1 Å². The number of anilines is 1. The van der Waals surface area contributed by atoms with Crippen LogP contribution in [0.5, 0.6) is 0 Å². The molecule has 1 aromatic heterocycles. The molecule has 0 amide bonds. The Hall–Kier alpha value is -1.09. The van der Waals surface area contributed by atoms with Crippen LogP contribution in [0, 0.1) is 6.92 Å². The van der Waals surface area contributed by atoms with Crippen molar-refractivity contribution in [2.24, 2.45) is 0 Å². The fourth-order valence-corrected chi connectivity index (χ4v) is 1.81. The third-order valence-electron chi connectivity index (χ3n) is 2.64. The molecule has 0 spiro atoms. The average molecular weight is 207 g/mol. The van der Waals surface area contributed by atoms with E-state index in [2.05, 4.69) is 31.1 Å². The van der Waals surface area contributed by atoms with E-state index in [1.54, 1.807) is 6.20 Å². The van der Waals surface area contributed by atoms with Crippen LogP contribution in [0.25, 0.3) is 0 Å². The normalized spacial score (nSPS) is 12.7. The standard InChI is InChI=1S/C12H21N3/c1-4-7-14-10(5-2)11-9(3)6-8-15-12(11)13/h6,8,10,14H,4-5,7H2,1-3H3,(H2,13,15). The van der Waals surface area contributed by atoms with Crippen molar-refractivity contribution < 1.29 is 0 Å². The Bertz CT molecular complexity index is 289. The largest absolute Gasteiger partial charge is 0.383 e. The Kier molecular flexibility index (Phi) is 4.56. The molecule has 1 rings (SSSR count). The molecule has 0 aromatic carbocycles. The summed E-state index contributed by atoms with van der Waals surface area (Å²) in [4.78, 5) is 4.15. The topological polar surface area (TPSA) is 50.9 Å². The number of nitrogens with one attached hydrogen (secondary N) is 1.